The molecular formula is C11H22BFO3Si. The van der Waals surface area contributed by atoms with Crippen molar-refractivity contribution in [2.24, 2.45) is 0 Å². The van der Waals surface area contributed by atoms with E-state index in [0.29, 0.717) is 0 Å². The van der Waals surface area contributed by atoms with Gasteiger partial charge in [0.2, 0.25) is 0 Å². The minimum atomic E-state index is -1.90. The van der Waals surface area contributed by atoms with Crippen LogP contribution >= 0.6 is 0 Å². The van der Waals surface area contributed by atoms with Gasteiger partial charge in [0.25, 0.3) is 0 Å². The Hall–Kier alpha value is 0.0918. The Labute approximate surface area is 105 Å². The first-order valence-electron chi connectivity index (χ1n) is 5.93. The van der Waals surface area contributed by atoms with Gasteiger partial charge in [0.15, 0.2) is 8.32 Å². The molecule has 2 radical (unpaired) electrons. The number of alkyl halides is 1. The number of hydrogen-bond acceptors (Lipinski definition) is 3. The zero-order valence-corrected chi connectivity index (χ0v) is 12.2. The van der Waals surface area contributed by atoms with Crippen molar-refractivity contribution in [3.05, 3.63) is 0 Å². The molecule has 1 heterocycles. The molecule has 0 bridgehead atoms. The molecular weight excluding hydrogens is 238 g/mol. The van der Waals surface area contributed by atoms with Crippen LogP contribution in [0, 0.1) is 0 Å². The monoisotopic (exact) mass is 260 g/mol. The minimum Gasteiger partial charge on any atom is -0.414 e. The molecule has 0 spiro atoms. The summed E-state index contributed by atoms with van der Waals surface area (Å²) in [5.41, 5.74) is 0. The summed E-state index contributed by atoms with van der Waals surface area (Å²) in [7, 11) is 3.48. The molecule has 0 aromatic carbocycles. The van der Waals surface area contributed by atoms with Crippen molar-refractivity contribution >= 4 is 16.2 Å². The predicted octanol–water partition coefficient (Wildman–Crippen LogP) is 1.60. The number of halogens is 1. The van der Waals surface area contributed by atoms with Gasteiger partial charge in [-0.3, -0.25) is 0 Å². The SMILES string of the molecule is [B][C@@H]1O[C@H](CO[Si](C)(C)C(C)(C)C)C(O)[C@@H]1F. The van der Waals surface area contributed by atoms with Gasteiger partial charge < -0.3 is 14.3 Å². The molecule has 4 atom stereocenters. The zero-order valence-electron chi connectivity index (χ0n) is 11.2. The van der Waals surface area contributed by atoms with E-state index in [1.165, 1.54) is 0 Å². The second kappa shape index (κ2) is 4.99. The Morgan fingerprint density at radius 1 is 1.41 bits per heavy atom. The van der Waals surface area contributed by atoms with Gasteiger partial charge in [-0.1, -0.05) is 20.8 Å². The highest BCUT2D eigenvalue weighted by Crippen LogP contribution is 2.37. The molecule has 0 amide bonds. The Kier molecular flexibility index (Phi) is 4.45. The lowest BCUT2D eigenvalue weighted by Crippen LogP contribution is -2.44. The summed E-state index contributed by atoms with van der Waals surface area (Å²) in [6.45, 7) is 10.8. The van der Waals surface area contributed by atoms with Gasteiger partial charge in [-0.25, -0.2) is 4.39 Å². The first-order chi connectivity index (χ1) is 7.56. The van der Waals surface area contributed by atoms with E-state index in [2.05, 4.69) is 33.9 Å². The van der Waals surface area contributed by atoms with Gasteiger partial charge in [-0.2, -0.15) is 0 Å². The van der Waals surface area contributed by atoms with E-state index >= 15 is 0 Å². The van der Waals surface area contributed by atoms with Gasteiger partial charge in [0.05, 0.1) is 12.6 Å². The molecule has 1 aliphatic heterocycles. The fraction of sp³-hybridized carbons (Fsp3) is 1.00. The summed E-state index contributed by atoms with van der Waals surface area (Å²) >= 11 is 0. The number of aliphatic hydroxyl groups excluding tert-OH is 1. The van der Waals surface area contributed by atoms with E-state index in [4.69, 9.17) is 17.0 Å². The molecule has 3 nitrogen and oxygen atoms in total. The smallest absolute Gasteiger partial charge is 0.192 e. The van der Waals surface area contributed by atoms with Crippen molar-refractivity contribution in [3.63, 3.8) is 0 Å². The molecule has 0 saturated carbocycles. The van der Waals surface area contributed by atoms with Crippen molar-refractivity contribution in [2.75, 3.05) is 6.61 Å². The van der Waals surface area contributed by atoms with Gasteiger partial charge in [-0.05, 0) is 18.1 Å². The van der Waals surface area contributed by atoms with Crippen LogP contribution < -0.4 is 0 Å². The zero-order chi connectivity index (χ0) is 13.4. The van der Waals surface area contributed by atoms with Crippen molar-refractivity contribution in [1.82, 2.24) is 0 Å². The van der Waals surface area contributed by atoms with Crippen LogP contribution in [0.5, 0.6) is 0 Å². The highest BCUT2D eigenvalue weighted by Gasteiger charge is 2.43. The second-order valence-corrected chi connectivity index (χ2v) is 11.0. The summed E-state index contributed by atoms with van der Waals surface area (Å²) in [5, 5.41) is 9.66. The number of aliphatic hydroxyl groups is 1. The number of hydrogen-bond donors (Lipinski definition) is 1. The largest absolute Gasteiger partial charge is 0.414 e. The fourth-order valence-corrected chi connectivity index (χ4v) is 2.42. The summed E-state index contributed by atoms with van der Waals surface area (Å²) in [5.74, 6) is 0. The second-order valence-electron chi connectivity index (χ2n) is 6.15. The molecule has 0 aliphatic carbocycles. The molecule has 1 rings (SSSR count). The lowest BCUT2D eigenvalue weighted by atomic mass is 9.94. The molecule has 1 fully saturated rings. The highest BCUT2D eigenvalue weighted by atomic mass is 28.4. The third kappa shape index (κ3) is 3.31. The van der Waals surface area contributed by atoms with Crippen LogP contribution in [0.3, 0.4) is 0 Å². The standard InChI is InChI=1S/C11H22BFO3Si/c1-11(2,3)17(4,5)15-6-7-9(14)8(13)10(12)16-7/h7-10,14H,6H2,1-5H3/t7-,8+,9?,10-/m1/s1. The minimum absolute atomic E-state index is 0.0772. The number of ether oxygens (including phenoxy) is 1. The third-order valence-corrected chi connectivity index (χ3v) is 8.27. The summed E-state index contributed by atoms with van der Waals surface area (Å²) in [6, 6.07) is -1.04. The Morgan fingerprint density at radius 2 is 1.94 bits per heavy atom. The van der Waals surface area contributed by atoms with E-state index in [-0.39, 0.29) is 11.6 Å². The van der Waals surface area contributed by atoms with Crippen molar-refractivity contribution in [1.29, 1.82) is 0 Å². The molecule has 1 N–H and O–H groups in total. The predicted molar refractivity (Wildman–Crippen MR) is 68.5 cm³/mol. The van der Waals surface area contributed by atoms with Crippen LogP contribution in [0.4, 0.5) is 4.39 Å². The molecule has 1 saturated heterocycles. The van der Waals surface area contributed by atoms with Gasteiger partial charge in [0, 0.05) is 0 Å². The van der Waals surface area contributed by atoms with Crippen molar-refractivity contribution in [3.8, 4) is 0 Å². The molecule has 0 aromatic rings. The van der Waals surface area contributed by atoms with Crippen LogP contribution in [0.1, 0.15) is 20.8 Å². The third-order valence-electron chi connectivity index (χ3n) is 3.77. The Balaban J connectivity index is 2.53. The average molecular weight is 260 g/mol. The molecule has 1 aliphatic rings. The topological polar surface area (TPSA) is 38.7 Å². The summed E-state index contributed by atoms with van der Waals surface area (Å²) in [6.07, 6.45) is -3.37. The molecule has 17 heavy (non-hydrogen) atoms. The fourth-order valence-electron chi connectivity index (χ4n) is 1.40. The van der Waals surface area contributed by atoms with Crippen LogP contribution in [-0.2, 0) is 9.16 Å². The van der Waals surface area contributed by atoms with Crippen LogP contribution in [0.25, 0.3) is 0 Å². The lowest BCUT2D eigenvalue weighted by molar-refractivity contribution is -0.00237. The van der Waals surface area contributed by atoms with Gasteiger partial charge in [0.1, 0.15) is 26.2 Å². The maximum atomic E-state index is 13.3. The maximum absolute atomic E-state index is 13.3. The Bertz CT molecular complexity index is 270. The first-order valence-corrected chi connectivity index (χ1v) is 8.84. The normalized spacial score (nSPS) is 35.2. The van der Waals surface area contributed by atoms with E-state index < -0.39 is 32.7 Å². The molecule has 0 aromatic heterocycles. The van der Waals surface area contributed by atoms with Crippen LogP contribution in [0.2, 0.25) is 18.1 Å². The van der Waals surface area contributed by atoms with Crippen LogP contribution in [0.15, 0.2) is 0 Å². The molecule has 1 unspecified atom stereocenters. The molecule has 98 valence electrons. The van der Waals surface area contributed by atoms with Crippen molar-refractivity contribution in [2.45, 2.75) is 63.3 Å². The van der Waals surface area contributed by atoms with E-state index in [1.807, 2.05) is 0 Å². The highest BCUT2D eigenvalue weighted by molar-refractivity contribution is 6.74. The van der Waals surface area contributed by atoms with Crippen molar-refractivity contribution < 1.29 is 18.7 Å². The van der Waals surface area contributed by atoms with Crippen LogP contribution in [-0.4, -0.2) is 52.3 Å². The lowest BCUT2D eigenvalue weighted by Gasteiger charge is -2.37. The first kappa shape index (κ1) is 15.2. The van der Waals surface area contributed by atoms with Gasteiger partial charge >= 0.3 is 0 Å². The van der Waals surface area contributed by atoms with E-state index in [1.54, 1.807) is 0 Å². The quantitative estimate of drug-likeness (QED) is 0.783. The summed E-state index contributed by atoms with van der Waals surface area (Å²) in [4.78, 5) is 0. The van der Waals surface area contributed by atoms with E-state index in [9.17, 15) is 9.50 Å². The number of rotatable bonds is 3. The maximum Gasteiger partial charge on any atom is 0.192 e. The van der Waals surface area contributed by atoms with Gasteiger partial charge in [-0.15, -0.1) is 0 Å². The van der Waals surface area contributed by atoms with E-state index in [0.717, 1.165) is 0 Å². The summed E-state index contributed by atoms with van der Waals surface area (Å²) < 4.78 is 24.3. The molecule has 6 heteroatoms. The average Bonchev–Trinajstić information content (AvgIpc) is 2.41. The Morgan fingerprint density at radius 3 is 2.29 bits per heavy atom.